The molecule has 0 radical (unpaired) electrons. The number of fused-ring (bicyclic) bond motifs is 1. The molecule has 2 N–H and O–H groups in total. The van der Waals surface area contributed by atoms with Gasteiger partial charge in [0, 0.05) is 36.9 Å². The average molecular weight is 255 g/mol. The summed E-state index contributed by atoms with van der Waals surface area (Å²) < 4.78 is 5.47. The molecule has 0 aromatic carbocycles. The van der Waals surface area contributed by atoms with E-state index in [1.54, 1.807) is 6.26 Å². The Balaban J connectivity index is 1.67. The molecule has 0 bridgehead atoms. The van der Waals surface area contributed by atoms with Crippen molar-refractivity contribution in [1.29, 1.82) is 0 Å². The monoisotopic (exact) mass is 255 g/mol. The first-order chi connectivity index (χ1) is 8.42. The Morgan fingerprint density at radius 3 is 3.29 bits per heavy atom. The minimum atomic E-state index is 0.307. The third-order valence-corrected chi connectivity index (χ3v) is 4.21. The lowest BCUT2D eigenvalue weighted by atomic mass is 9.93. The third-order valence-electron chi connectivity index (χ3n) is 3.14. The number of hydrogen-bond acceptors (Lipinski definition) is 4. The topological polar surface area (TPSA) is 45.4 Å². The van der Waals surface area contributed by atoms with E-state index in [0.29, 0.717) is 12.6 Å². The summed E-state index contributed by atoms with van der Waals surface area (Å²) in [5.74, 6) is 3.34. The van der Waals surface area contributed by atoms with Crippen LogP contribution in [0.25, 0.3) is 0 Å². The van der Waals surface area contributed by atoms with Gasteiger partial charge in [0.2, 0.25) is 0 Å². The zero-order chi connectivity index (χ0) is 11.9. The largest absolute Gasteiger partial charge is 0.469 e. The van der Waals surface area contributed by atoms with Crippen molar-refractivity contribution in [2.24, 2.45) is 0 Å². The van der Waals surface area contributed by atoms with Crippen molar-refractivity contribution in [1.82, 2.24) is 5.32 Å². The van der Waals surface area contributed by atoms with Crippen molar-refractivity contribution in [3.63, 3.8) is 0 Å². The highest BCUT2D eigenvalue weighted by atomic mass is 32.2. The molecule has 1 heterocycles. The van der Waals surface area contributed by atoms with E-state index in [0.717, 1.165) is 30.9 Å². The number of aliphatic hydroxyl groups excluding tert-OH is 1. The third kappa shape index (κ3) is 3.76. The van der Waals surface area contributed by atoms with Crippen LogP contribution in [0.15, 0.2) is 16.7 Å². The number of furan rings is 1. The molecule has 3 nitrogen and oxygen atoms in total. The van der Waals surface area contributed by atoms with E-state index in [4.69, 9.17) is 9.52 Å². The van der Waals surface area contributed by atoms with Crippen LogP contribution in [0.5, 0.6) is 0 Å². The zero-order valence-electron chi connectivity index (χ0n) is 10.2. The van der Waals surface area contributed by atoms with Gasteiger partial charge in [0.25, 0.3) is 0 Å². The molecule has 1 aromatic rings. The van der Waals surface area contributed by atoms with Crippen molar-refractivity contribution in [2.75, 3.05) is 24.7 Å². The minimum Gasteiger partial charge on any atom is -0.469 e. The van der Waals surface area contributed by atoms with E-state index in [1.807, 2.05) is 11.8 Å². The first-order valence-electron chi connectivity index (χ1n) is 6.40. The predicted octanol–water partition coefficient (Wildman–Crippen LogP) is 2.36. The second-order valence-electron chi connectivity index (χ2n) is 4.39. The standard InChI is InChI=1S/C13H21NO2S/c15-7-2-9-17-10-6-14-12-3-1-4-13-11(12)5-8-16-13/h5,8,12,14-15H,1-4,6-7,9-10H2. The molecule has 1 aliphatic rings. The molecule has 96 valence electrons. The molecule has 0 spiro atoms. The SMILES string of the molecule is OCCCSCCNC1CCCc2occc21. The molecule has 17 heavy (non-hydrogen) atoms. The summed E-state index contributed by atoms with van der Waals surface area (Å²) in [6, 6.07) is 2.58. The molecule has 0 aliphatic heterocycles. The molecule has 4 heteroatoms. The number of aliphatic hydroxyl groups is 1. The predicted molar refractivity (Wildman–Crippen MR) is 71.4 cm³/mol. The second-order valence-corrected chi connectivity index (χ2v) is 5.61. The fraction of sp³-hybridized carbons (Fsp3) is 0.692. The van der Waals surface area contributed by atoms with E-state index in [2.05, 4.69) is 11.4 Å². The van der Waals surface area contributed by atoms with Gasteiger partial charge in [-0.2, -0.15) is 11.8 Å². The molecule has 0 amide bonds. The average Bonchev–Trinajstić information content (AvgIpc) is 2.82. The highest BCUT2D eigenvalue weighted by Crippen LogP contribution is 2.30. The fourth-order valence-electron chi connectivity index (χ4n) is 2.27. The second kappa shape index (κ2) is 7.09. The lowest BCUT2D eigenvalue weighted by Crippen LogP contribution is -2.26. The molecular formula is C13H21NO2S. The highest BCUT2D eigenvalue weighted by molar-refractivity contribution is 7.99. The molecule has 0 saturated carbocycles. The maximum absolute atomic E-state index is 8.67. The quantitative estimate of drug-likeness (QED) is 0.734. The highest BCUT2D eigenvalue weighted by Gasteiger charge is 2.21. The number of nitrogens with one attached hydrogen (secondary N) is 1. The van der Waals surface area contributed by atoms with Crippen LogP contribution >= 0.6 is 11.8 Å². The molecule has 1 aromatic heterocycles. The van der Waals surface area contributed by atoms with Crippen LogP contribution in [0, 0.1) is 0 Å². The van der Waals surface area contributed by atoms with Gasteiger partial charge in [-0.25, -0.2) is 0 Å². The van der Waals surface area contributed by atoms with Crippen LogP contribution in [0.1, 0.15) is 36.6 Å². The maximum atomic E-state index is 8.67. The van der Waals surface area contributed by atoms with Gasteiger partial charge in [0.1, 0.15) is 5.76 Å². The van der Waals surface area contributed by atoms with Gasteiger partial charge < -0.3 is 14.8 Å². The van der Waals surface area contributed by atoms with Crippen LogP contribution in [0.2, 0.25) is 0 Å². The Morgan fingerprint density at radius 2 is 2.41 bits per heavy atom. The molecule has 0 fully saturated rings. The van der Waals surface area contributed by atoms with E-state index in [9.17, 15) is 0 Å². The minimum absolute atomic E-state index is 0.307. The van der Waals surface area contributed by atoms with Crippen molar-refractivity contribution in [3.8, 4) is 0 Å². The number of hydrogen-bond donors (Lipinski definition) is 2. The van der Waals surface area contributed by atoms with Gasteiger partial charge >= 0.3 is 0 Å². The lowest BCUT2D eigenvalue weighted by molar-refractivity contribution is 0.296. The van der Waals surface area contributed by atoms with E-state index < -0.39 is 0 Å². The first-order valence-corrected chi connectivity index (χ1v) is 7.55. The van der Waals surface area contributed by atoms with E-state index in [1.165, 1.54) is 24.2 Å². The number of aryl methyl sites for hydroxylation is 1. The summed E-state index contributed by atoms with van der Waals surface area (Å²) >= 11 is 1.90. The van der Waals surface area contributed by atoms with Gasteiger partial charge in [0.05, 0.1) is 6.26 Å². The lowest BCUT2D eigenvalue weighted by Gasteiger charge is -2.22. The van der Waals surface area contributed by atoms with E-state index in [-0.39, 0.29) is 0 Å². The first kappa shape index (κ1) is 13.0. The van der Waals surface area contributed by atoms with Gasteiger partial charge in [-0.05, 0) is 31.1 Å². The Hall–Kier alpha value is -0.450. The number of thioether (sulfide) groups is 1. The van der Waals surface area contributed by atoms with Crippen LogP contribution < -0.4 is 5.32 Å². The number of rotatable bonds is 7. The zero-order valence-corrected chi connectivity index (χ0v) is 11.0. The van der Waals surface area contributed by atoms with Crippen molar-refractivity contribution in [3.05, 3.63) is 23.7 Å². The van der Waals surface area contributed by atoms with Crippen molar-refractivity contribution >= 4 is 11.8 Å². The van der Waals surface area contributed by atoms with Crippen molar-refractivity contribution < 1.29 is 9.52 Å². The maximum Gasteiger partial charge on any atom is 0.108 e. The summed E-state index contributed by atoms with van der Waals surface area (Å²) in [4.78, 5) is 0. The molecule has 0 saturated heterocycles. The Morgan fingerprint density at radius 1 is 1.47 bits per heavy atom. The summed E-state index contributed by atoms with van der Waals surface area (Å²) in [6.07, 6.45) is 6.23. The molecule has 1 aliphatic carbocycles. The summed E-state index contributed by atoms with van der Waals surface area (Å²) in [5.41, 5.74) is 1.36. The van der Waals surface area contributed by atoms with Crippen LogP contribution in [0.4, 0.5) is 0 Å². The van der Waals surface area contributed by atoms with Crippen LogP contribution in [-0.2, 0) is 6.42 Å². The van der Waals surface area contributed by atoms with Crippen molar-refractivity contribution in [2.45, 2.75) is 31.7 Å². The van der Waals surface area contributed by atoms with Gasteiger partial charge in [-0.1, -0.05) is 0 Å². The molecule has 1 unspecified atom stereocenters. The Bertz CT molecular complexity index is 327. The molecular weight excluding hydrogens is 234 g/mol. The molecule has 1 atom stereocenters. The van der Waals surface area contributed by atoms with Gasteiger partial charge in [-0.3, -0.25) is 0 Å². The normalized spacial score (nSPS) is 19.2. The van der Waals surface area contributed by atoms with E-state index >= 15 is 0 Å². The summed E-state index contributed by atoms with van der Waals surface area (Å²) in [7, 11) is 0. The van der Waals surface area contributed by atoms with Gasteiger partial charge in [-0.15, -0.1) is 0 Å². The summed E-state index contributed by atoms with van der Waals surface area (Å²) in [5, 5.41) is 12.3. The van der Waals surface area contributed by atoms with Crippen LogP contribution in [-0.4, -0.2) is 29.8 Å². The van der Waals surface area contributed by atoms with Gasteiger partial charge in [0.15, 0.2) is 0 Å². The Kier molecular flexibility index (Phi) is 5.42. The fourth-order valence-corrected chi connectivity index (χ4v) is 3.07. The molecule has 2 rings (SSSR count). The van der Waals surface area contributed by atoms with Crippen LogP contribution in [0.3, 0.4) is 0 Å². The smallest absolute Gasteiger partial charge is 0.108 e. The summed E-state index contributed by atoms with van der Waals surface area (Å²) in [6.45, 7) is 1.34. The Labute approximate surface area is 107 Å².